The van der Waals surface area contributed by atoms with Crippen molar-refractivity contribution in [3.8, 4) is 0 Å². The minimum atomic E-state index is -0.156. The summed E-state index contributed by atoms with van der Waals surface area (Å²) < 4.78 is 0. The molecule has 108 valence electrons. The minimum Gasteiger partial charge on any atom is -0.397 e. The van der Waals surface area contributed by atoms with Crippen LogP contribution >= 0.6 is 0 Å². The predicted octanol–water partition coefficient (Wildman–Crippen LogP) is 1.96. The first-order valence-electron chi connectivity index (χ1n) is 6.95. The number of aliphatic hydroxyl groups is 1. The molecule has 0 saturated carbocycles. The van der Waals surface area contributed by atoms with Gasteiger partial charge in [-0.1, -0.05) is 42.5 Å². The second-order valence-electron chi connectivity index (χ2n) is 5.15. The van der Waals surface area contributed by atoms with Crippen molar-refractivity contribution in [2.45, 2.75) is 6.54 Å². The molecule has 0 saturated heterocycles. The zero-order valence-corrected chi connectivity index (χ0v) is 12.0. The molecule has 1 aliphatic heterocycles. The number of fused-ring (bicyclic) bond motifs is 2. The largest absolute Gasteiger partial charge is 0.397 e. The summed E-state index contributed by atoms with van der Waals surface area (Å²) in [5, 5.41) is 12.3. The van der Waals surface area contributed by atoms with E-state index in [2.05, 4.69) is 29.4 Å². The van der Waals surface area contributed by atoms with Crippen molar-refractivity contribution in [2.75, 3.05) is 18.7 Å². The average Bonchev–Trinajstić information content (AvgIpc) is 2.51. The molecule has 0 aliphatic carbocycles. The van der Waals surface area contributed by atoms with Crippen LogP contribution in [0.15, 0.2) is 48.5 Å². The maximum Gasteiger partial charge on any atom is 0.113 e. The fraction of sp³-hybridized carbons (Fsp3) is 0.176. The van der Waals surface area contributed by atoms with Crippen LogP contribution in [0, 0.1) is 0 Å². The van der Waals surface area contributed by atoms with Crippen LogP contribution in [0.4, 0.5) is 5.69 Å². The summed E-state index contributed by atoms with van der Waals surface area (Å²) in [4.78, 5) is 2.19. The lowest BCUT2D eigenvalue weighted by molar-refractivity contribution is 0.283. The van der Waals surface area contributed by atoms with E-state index < -0.39 is 0 Å². The summed E-state index contributed by atoms with van der Waals surface area (Å²) in [7, 11) is 2.06. The van der Waals surface area contributed by atoms with E-state index in [1.807, 2.05) is 36.4 Å². The molecule has 0 bridgehead atoms. The van der Waals surface area contributed by atoms with E-state index in [9.17, 15) is 5.11 Å². The van der Waals surface area contributed by atoms with Crippen molar-refractivity contribution in [3.63, 3.8) is 0 Å². The number of nitrogens with zero attached hydrogens (tertiary/aromatic N) is 1. The molecule has 0 fully saturated rings. The highest BCUT2D eigenvalue weighted by molar-refractivity contribution is 5.93. The molecule has 0 aromatic heterocycles. The highest BCUT2D eigenvalue weighted by Gasteiger charge is 2.20. The molecule has 0 amide bonds. The quantitative estimate of drug-likeness (QED) is 0.736. The number of para-hydroxylation sites is 1. The predicted molar refractivity (Wildman–Crippen MR) is 86.2 cm³/mol. The molecule has 1 heterocycles. The minimum absolute atomic E-state index is 0.156. The van der Waals surface area contributed by atoms with Crippen molar-refractivity contribution in [1.82, 2.24) is 5.32 Å². The summed E-state index contributed by atoms with van der Waals surface area (Å²) in [5.74, 6) is 0. The van der Waals surface area contributed by atoms with Crippen LogP contribution in [0.1, 0.15) is 16.7 Å². The Labute approximate surface area is 124 Å². The number of hydrogen-bond acceptors (Lipinski definition) is 4. The van der Waals surface area contributed by atoms with E-state index in [-0.39, 0.29) is 6.73 Å². The van der Waals surface area contributed by atoms with Crippen LogP contribution in [0.2, 0.25) is 0 Å². The Balaban J connectivity index is 2.30. The molecule has 4 N–H and O–H groups in total. The number of aliphatic hydroxyl groups excluding tert-OH is 1. The normalized spacial score (nSPS) is 17.5. The van der Waals surface area contributed by atoms with E-state index >= 15 is 0 Å². The third kappa shape index (κ3) is 2.34. The average molecular weight is 281 g/mol. The second-order valence-corrected chi connectivity index (χ2v) is 5.15. The highest BCUT2D eigenvalue weighted by atomic mass is 16.3. The van der Waals surface area contributed by atoms with Crippen molar-refractivity contribution in [3.05, 3.63) is 65.2 Å². The highest BCUT2D eigenvalue weighted by Crippen LogP contribution is 2.33. The maximum absolute atomic E-state index is 9.32. The lowest BCUT2D eigenvalue weighted by Crippen LogP contribution is -2.25. The third-order valence-corrected chi connectivity index (χ3v) is 3.82. The van der Waals surface area contributed by atoms with Crippen LogP contribution in [0.5, 0.6) is 0 Å². The van der Waals surface area contributed by atoms with Crippen molar-refractivity contribution < 1.29 is 5.11 Å². The topological polar surface area (TPSA) is 61.5 Å². The Morgan fingerprint density at radius 2 is 1.76 bits per heavy atom. The van der Waals surface area contributed by atoms with Gasteiger partial charge in [0.05, 0.1) is 11.4 Å². The van der Waals surface area contributed by atoms with Crippen molar-refractivity contribution >= 4 is 17.1 Å². The molecular weight excluding hydrogens is 262 g/mol. The van der Waals surface area contributed by atoms with Gasteiger partial charge in [0, 0.05) is 30.4 Å². The molecule has 1 aliphatic rings. The van der Waals surface area contributed by atoms with Gasteiger partial charge < -0.3 is 21.1 Å². The van der Waals surface area contributed by atoms with E-state index in [0.717, 1.165) is 29.1 Å². The molecule has 0 radical (unpaired) electrons. The standard InChI is InChI=1S/C17H19N3O/c1-20-10-12-6-2-3-7-13(12)16(18)17(19-11-21)14-8-4-5-9-15(14)20/h2-9,19,21H,10-11,18H2,1H3/b17-16-. The lowest BCUT2D eigenvalue weighted by atomic mass is 9.96. The Hall–Kier alpha value is -2.46. The third-order valence-electron chi connectivity index (χ3n) is 3.82. The smallest absolute Gasteiger partial charge is 0.113 e. The molecule has 2 aromatic rings. The Morgan fingerprint density at radius 1 is 1.10 bits per heavy atom. The van der Waals surface area contributed by atoms with E-state index in [0.29, 0.717) is 5.70 Å². The monoisotopic (exact) mass is 281 g/mol. The van der Waals surface area contributed by atoms with Gasteiger partial charge in [0.1, 0.15) is 6.73 Å². The SMILES string of the molecule is CN1Cc2ccccc2/C(N)=C(/NCO)c2ccccc21. The number of rotatable bonds is 2. The number of nitrogens with two attached hydrogens (primary N) is 1. The summed E-state index contributed by atoms with van der Waals surface area (Å²) in [5.41, 5.74) is 12.1. The molecule has 0 atom stereocenters. The van der Waals surface area contributed by atoms with Crippen LogP contribution < -0.4 is 16.0 Å². The molecule has 0 unspecified atom stereocenters. The van der Waals surface area contributed by atoms with Crippen molar-refractivity contribution in [1.29, 1.82) is 0 Å². The molecule has 0 spiro atoms. The van der Waals surface area contributed by atoms with Gasteiger partial charge >= 0.3 is 0 Å². The van der Waals surface area contributed by atoms with Gasteiger partial charge in [0.25, 0.3) is 0 Å². The number of nitrogens with one attached hydrogen (secondary N) is 1. The first-order chi connectivity index (χ1) is 10.2. The van der Waals surface area contributed by atoms with Gasteiger partial charge in [-0.3, -0.25) is 0 Å². The van der Waals surface area contributed by atoms with Crippen LogP contribution in [0.3, 0.4) is 0 Å². The van der Waals surface area contributed by atoms with Gasteiger partial charge in [-0.25, -0.2) is 0 Å². The van der Waals surface area contributed by atoms with Gasteiger partial charge in [-0.15, -0.1) is 0 Å². The number of benzene rings is 2. The molecule has 21 heavy (non-hydrogen) atoms. The van der Waals surface area contributed by atoms with E-state index in [1.165, 1.54) is 5.56 Å². The Kier molecular flexibility index (Phi) is 3.54. The molecule has 2 aromatic carbocycles. The van der Waals surface area contributed by atoms with Gasteiger partial charge in [0.2, 0.25) is 0 Å². The van der Waals surface area contributed by atoms with Gasteiger partial charge in [0.15, 0.2) is 0 Å². The fourth-order valence-electron chi connectivity index (χ4n) is 2.83. The van der Waals surface area contributed by atoms with Crippen LogP contribution in [0.25, 0.3) is 11.4 Å². The maximum atomic E-state index is 9.32. The number of hydrogen-bond donors (Lipinski definition) is 3. The van der Waals surface area contributed by atoms with Gasteiger partial charge in [-0.05, 0) is 11.6 Å². The zero-order chi connectivity index (χ0) is 14.8. The first kappa shape index (κ1) is 13.5. The zero-order valence-electron chi connectivity index (χ0n) is 12.0. The Bertz CT molecular complexity index is 694. The summed E-state index contributed by atoms with van der Waals surface area (Å²) >= 11 is 0. The molecule has 4 nitrogen and oxygen atoms in total. The fourth-order valence-corrected chi connectivity index (χ4v) is 2.83. The summed E-state index contributed by atoms with van der Waals surface area (Å²) in [6.45, 7) is 0.635. The summed E-state index contributed by atoms with van der Waals surface area (Å²) in [6, 6.07) is 16.2. The summed E-state index contributed by atoms with van der Waals surface area (Å²) in [6.07, 6.45) is 0. The molecular formula is C17H19N3O. The first-order valence-corrected chi connectivity index (χ1v) is 6.95. The molecule has 3 rings (SSSR count). The van der Waals surface area contributed by atoms with Gasteiger partial charge in [-0.2, -0.15) is 0 Å². The second kappa shape index (κ2) is 5.50. The van der Waals surface area contributed by atoms with E-state index in [4.69, 9.17) is 5.73 Å². The van der Waals surface area contributed by atoms with Crippen LogP contribution in [-0.2, 0) is 6.54 Å². The van der Waals surface area contributed by atoms with Crippen molar-refractivity contribution in [2.24, 2.45) is 5.73 Å². The van der Waals surface area contributed by atoms with Crippen LogP contribution in [-0.4, -0.2) is 18.9 Å². The number of anilines is 1. The molecule has 4 heteroatoms. The van der Waals surface area contributed by atoms with E-state index in [1.54, 1.807) is 0 Å². The Morgan fingerprint density at radius 3 is 2.52 bits per heavy atom. The lowest BCUT2D eigenvalue weighted by Gasteiger charge is -2.28.